The van der Waals surface area contributed by atoms with Gasteiger partial charge in [0.05, 0.1) is 6.54 Å². The van der Waals surface area contributed by atoms with Crippen molar-refractivity contribution in [1.82, 2.24) is 5.32 Å². The number of rotatable bonds is 3. The molecule has 2 aromatic rings. The van der Waals surface area contributed by atoms with E-state index in [1.54, 1.807) is 0 Å². The van der Waals surface area contributed by atoms with Gasteiger partial charge in [-0.25, -0.2) is 4.99 Å². The van der Waals surface area contributed by atoms with Gasteiger partial charge in [-0.05, 0) is 48.9 Å². The fourth-order valence-corrected chi connectivity index (χ4v) is 3.99. The smallest absolute Gasteiger partial charge is 0.198 e. The number of aliphatic imine (C=N–C) groups is 1. The van der Waals surface area contributed by atoms with Crippen molar-refractivity contribution >= 4 is 35.6 Å². The molecule has 0 spiro atoms. The Labute approximate surface area is 172 Å². The summed E-state index contributed by atoms with van der Waals surface area (Å²) in [5.74, 6) is 0.866. The van der Waals surface area contributed by atoms with Gasteiger partial charge in [-0.2, -0.15) is 0 Å². The topological polar surface area (TPSA) is 47.9 Å². The zero-order valence-corrected chi connectivity index (χ0v) is 17.4. The second-order valence-corrected chi connectivity index (χ2v) is 6.89. The van der Waals surface area contributed by atoms with Gasteiger partial charge in [0.15, 0.2) is 5.96 Å². The maximum absolute atomic E-state index is 11.1. The summed E-state index contributed by atoms with van der Waals surface area (Å²) >= 11 is 0. The summed E-state index contributed by atoms with van der Waals surface area (Å²) in [6, 6.07) is 16.7. The molecule has 0 bridgehead atoms. The summed E-state index contributed by atoms with van der Waals surface area (Å²) in [6.45, 7) is 4.22. The van der Waals surface area contributed by atoms with Crippen LogP contribution in [-0.4, -0.2) is 30.7 Å². The van der Waals surface area contributed by atoms with Crippen LogP contribution in [0.3, 0.4) is 0 Å². The quantitative estimate of drug-likeness (QED) is 0.417. The zero-order chi connectivity index (χ0) is 17.3. The second kappa shape index (κ2) is 7.96. The van der Waals surface area contributed by atoms with E-state index in [9.17, 15) is 5.11 Å². The van der Waals surface area contributed by atoms with E-state index in [-0.39, 0.29) is 24.0 Å². The molecule has 0 amide bonds. The Hall–Kier alpha value is -1.60. The third-order valence-electron chi connectivity index (χ3n) is 5.29. The van der Waals surface area contributed by atoms with Crippen molar-refractivity contribution in [3.63, 3.8) is 0 Å². The molecule has 26 heavy (non-hydrogen) atoms. The highest BCUT2D eigenvalue weighted by Crippen LogP contribution is 2.37. The molecule has 4 nitrogen and oxygen atoms in total. The number of hydrogen-bond donors (Lipinski definition) is 2. The molecule has 2 N–H and O–H groups in total. The molecule has 138 valence electrons. The molecule has 1 aliphatic heterocycles. The number of aliphatic hydroxyl groups is 1. The zero-order valence-electron chi connectivity index (χ0n) is 15.1. The Morgan fingerprint density at radius 2 is 1.85 bits per heavy atom. The fourth-order valence-electron chi connectivity index (χ4n) is 3.99. The van der Waals surface area contributed by atoms with Gasteiger partial charge in [-0.15, -0.1) is 24.0 Å². The van der Waals surface area contributed by atoms with Gasteiger partial charge in [-0.3, -0.25) is 0 Å². The minimum absolute atomic E-state index is 0. The summed E-state index contributed by atoms with van der Waals surface area (Å²) in [5, 5.41) is 14.5. The Morgan fingerprint density at radius 1 is 1.12 bits per heavy atom. The molecule has 1 aliphatic carbocycles. The number of halogens is 1. The first-order valence-electron chi connectivity index (χ1n) is 9.16. The molecule has 2 aliphatic rings. The lowest BCUT2D eigenvalue weighted by atomic mass is 9.96. The van der Waals surface area contributed by atoms with Crippen LogP contribution < -0.4 is 10.2 Å². The van der Waals surface area contributed by atoms with Crippen molar-refractivity contribution in [2.24, 2.45) is 4.99 Å². The molecule has 0 saturated heterocycles. The summed E-state index contributed by atoms with van der Waals surface area (Å²) in [6.07, 6.45) is 2.70. The van der Waals surface area contributed by atoms with Crippen LogP contribution in [0.4, 0.5) is 5.69 Å². The average molecular weight is 463 g/mol. The van der Waals surface area contributed by atoms with Gasteiger partial charge in [0.25, 0.3) is 0 Å². The molecular formula is C21H26IN3O. The number of anilines is 1. The van der Waals surface area contributed by atoms with E-state index in [1.807, 2.05) is 18.2 Å². The molecule has 1 unspecified atom stereocenters. The third kappa shape index (κ3) is 3.47. The number of para-hydroxylation sites is 1. The first kappa shape index (κ1) is 19.2. The molecule has 0 aromatic heterocycles. The molecule has 4 rings (SSSR count). The molecule has 1 atom stereocenters. The largest absolute Gasteiger partial charge is 0.383 e. The summed E-state index contributed by atoms with van der Waals surface area (Å²) in [4.78, 5) is 7.07. The average Bonchev–Trinajstić information content (AvgIpc) is 3.21. The Morgan fingerprint density at radius 3 is 2.65 bits per heavy atom. The maximum atomic E-state index is 11.1. The van der Waals surface area contributed by atoms with Crippen molar-refractivity contribution < 1.29 is 5.11 Å². The molecule has 2 aromatic carbocycles. The standard InChI is InChI=1S/C21H25N3O.HI/c1-2-22-20(24-14-12-17-8-4-6-10-19(17)24)23-15-21(25)13-11-16-7-3-5-9-18(16)21;/h3-10,25H,2,11-15H2,1H3,(H,22,23);1H. The van der Waals surface area contributed by atoms with Gasteiger partial charge in [0.2, 0.25) is 0 Å². The highest BCUT2D eigenvalue weighted by atomic mass is 127. The Bertz CT molecular complexity index is 807. The van der Waals surface area contributed by atoms with Crippen LogP contribution in [0.25, 0.3) is 0 Å². The lowest BCUT2D eigenvalue weighted by molar-refractivity contribution is 0.0486. The van der Waals surface area contributed by atoms with Crippen LogP contribution in [0, 0.1) is 0 Å². The number of aryl methyl sites for hydroxylation is 1. The van der Waals surface area contributed by atoms with Crippen molar-refractivity contribution in [3.05, 3.63) is 65.2 Å². The molecular weight excluding hydrogens is 437 g/mol. The fraction of sp³-hybridized carbons (Fsp3) is 0.381. The Balaban J connectivity index is 0.00000196. The predicted octanol–water partition coefficient (Wildman–Crippen LogP) is 3.47. The lowest BCUT2D eigenvalue weighted by Gasteiger charge is -2.26. The molecule has 5 heteroatoms. The summed E-state index contributed by atoms with van der Waals surface area (Å²) in [7, 11) is 0. The van der Waals surface area contributed by atoms with Crippen LogP contribution >= 0.6 is 24.0 Å². The van der Waals surface area contributed by atoms with E-state index in [2.05, 4.69) is 47.5 Å². The number of nitrogens with one attached hydrogen (secondary N) is 1. The number of fused-ring (bicyclic) bond motifs is 2. The van der Waals surface area contributed by atoms with E-state index in [1.165, 1.54) is 16.8 Å². The minimum atomic E-state index is -0.851. The Kier molecular flexibility index (Phi) is 5.87. The molecule has 0 saturated carbocycles. The van der Waals surface area contributed by atoms with Crippen molar-refractivity contribution in [1.29, 1.82) is 0 Å². The number of benzene rings is 2. The summed E-state index contributed by atoms with van der Waals surface area (Å²) in [5.41, 5.74) is 4.02. The molecule has 1 heterocycles. The monoisotopic (exact) mass is 463 g/mol. The first-order chi connectivity index (χ1) is 12.2. The van der Waals surface area contributed by atoms with E-state index in [0.717, 1.165) is 43.9 Å². The van der Waals surface area contributed by atoms with Crippen LogP contribution in [-0.2, 0) is 18.4 Å². The van der Waals surface area contributed by atoms with Crippen LogP contribution in [0.2, 0.25) is 0 Å². The van der Waals surface area contributed by atoms with Crippen molar-refractivity contribution in [2.45, 2.75) is 31.8 Å². The third-order valence-corrected chi connectivity index (χ3v) is 5.29. The van der Waals surface area contributed by atoms with Gasteiger partial charge < -0.3 is 15.3 Å². The number of guanidine groups is 1. The van der Waals surface area contributed by atoms with E-state index >= 15 is 0 Å². The minimum Gasteiger partial charge on any atom is -0.383 e. The van der Waals surface area contributed by atoms with Crippen LogP contribution in [0.5, 0.6) is 0 Å². The predicted molar refractivity (Wildman–Crippen MR) is 118 cm³/mol. The second-order valence-electron chi connectivity index (χ2n) is 6.89. The van der Waals surface area contributed by atoms with Gasteiger partial charge in [0.1, 0.15) is 5.60 Å². The SMILES string of the molecule is CCNC(=NCC1(O)CCc2ccccc21)N1CCc2ccccc21.I. The highest BCUT2D eigenvalue weighted by molar-refractivity contribution is 14.0. The molecule has 0 radical (unpaired) electrons. The number of nitrogens with zero attached hydrogens (tertiary/aromatic N) is 2. The van der Waals surface area contributed by atoms with Gasteiger partial charge in [-0.1, -0.05) is 42.5 Å². The van der Waals surface area contributed by atoms with E-state index < -0.39 is 5.60 Å². The van der Waals surface area contributed by atoms with Gasteiger partial charge >= 0.3 is 0 Å². The van der Waals surface area contributed by atoms with E-state index in [4.69, 9.17) is 4.99 Å². The van der Waals surface area contributed by atoms with Gasteiger partial charge in [0, 0.05) is 18.8 Å². The van der Waals surface area contributed by atoms with Crippen molar-refractivity contribution in [2.75, 3.05) is 24.5 Å². The number of hydrogen-bond acceptors (Lipinski definition) is 2. The van der Waals surface area contributed by atoms with Crippen LogP contribution in [0.1, 0.15) is 30.0 Å². The molecule has 0 fully saturated rings. The van der Waals surface area contributed by atoms with Crippen molar-refractivity contribution in [3.8, 4) is 0 Å². The highest BCUT2D eigenvalue weighted by Gasteiger charge is 2.36. The normalized spacial score (nSPS) is 21.2. The first-order valence-corrected chi connectivity index (χ1v) is 9.16. The van der Waals surface area contributed by atoms with E-state index in [0.29, 0.717) is 6.54 Å². The lowest BCUT2D eigenvalue weighted by Crippen LogP contribution is -2.41. The summed E-state index contributed by atoms with van der Waals surface area (Å²) < 4.78 is 0. The maximum Gasteiger partial charge on any atom is 0.198 e. The van der Waals surface area contributed by atoms with Crippen LogP contribution in [0.15, 0.2) is 53.5 Å².